The van der Waals surface area contributed by atoms with Crippen LogP contribution in [0.1, 0.15) is 13.8 Å². The summed E-state index contributed by atoms with van der Waals surface area (Å²) in [6, 6.07) is 8.21. The van der Waals surface area contributed by atoms with Crippen molar-refractivity contribution in [1.29, 1.82) is 0 Å². The van der Waals surface area contributed by atoms with E-state index in [0.717, 1.165) is 17.1 Å². The summed E-state index contributed by atoms with van der Waals surface area (Å²) >= 11 is 1.06. The summed E-state index contributed by atoms with van der Waals surface area (Å²) < 4.78 is 31.5. The summed E-state index contributed by atoms with van der Waals surface area (Å²) in [4.78, 5) is 11.8. The van der Waals surface area contributed by atoms with Crippen LogP contribution in [0.15, 0.2) is 40.6 Å². The molecule has 0 bridgehead atoms. The molecule has 6 nitrogen and oxygen atoms in total. The maximum Gasteiger partial charge on any atom is 0.244 e. The molecule has 0 aliphatic heterocycles. The first kappa shape index (κ1) is 16.6. The van der Waals surface area contributed by atoms with Crippen LogP contribution in [0.25, 0.3) is 11.3 Å². The summed E-state index contributed by atoms with van der Waals surface area (Å²) in [6.07, 6.45) is 0. The van der Waals surface area contributed by atoms with Crippen molar-refractivity contribution >= 4 is 27.5 Å². The van der Waals surface area contributed by atoms with Gasteiger partial charge in [0.15, 0.2) is 0 Å². The van der Waals surface area contributed by atoms with Crippen molar-refractivity contribution in [2.24, 2.45) is 0 Å². The van der Waals surface area contributed by atoms with Crippen molar-refractivity contribution in [2.75, 3.05) is 6.54 Å². The molecule has 1 aromatic carbocycles. The Bertz CT molecular complexity index is 742. The van der Waals surface area contributed by atoms with Gasteiger partial charge in [0.1, 0.15) is 10.6 Å². The van der Waals surface area contributed by atoms with Crippen LogP contribution < -0.4 is 10.0 Å². The third-order valence-corrected chi connectivity index (χ3v) is 5.28. The van der Waals surface area contributed by atoms with Crippen molar-refractivity contribution in [3.8, 4) is 11.3 Å². The first-order valence-electron chi connectivity index (χ1n) is 6.75. The highest BCUT2D eigenvalue weighted by molar-refractivity contribution is 7.89. The van der Waals surface area contributed by atoms with Crippen molar-refractivity contribution < 1.29 is 13.2 Å². The van der Waals surface area contributed by atoms with Crippen LogP contribution >= 0.6 is 11.5 Å². The molecule has 118 valence electrons. The van der Waals surface area contributed by atoms with Crippen LogP contribution in [-0.4, -0.2) is 31.3 Å². The van der Waals surface area contributed by atoms with Gasteiger partial charge in [-0.1, -0.05) is 30.3 Å². The Morgan fingerprint density at radius 1 is 1.32 bits per heavy atom. The molecule has 0 saturated carbocycles. The monoisotopic (exact) mass is 339 g/mol. The van der Waals surface area contributed by atoms with Gasteiger partial charge in [0.2, 0.25) is 15.9 Å². The van der Waals surface area contributed by atoms with E-state index in [1.54, 1.807) is 19.1 Å². The zero-order chi connectivity index (χ0) is 16.2. The number of amides is 1. The number of benzene rings is 1. The molecule has 1 atom stereocenters. The number of likely N-dealkylation sites (N-methyl/N-ethyl adjacent to an activating group) is 1. The average Bonchev–Trinajstić information content (AvgIpc) is 2.98. The third-order valence-electron chi connectivity index (χ3n) is 2.95. The highest BCUT2D eigenvalue weighted by atomic mass is 32.2. The summed E-state index contributed by atoms with van der Waals surface area (Å²) in [5.74, 6) is -0.365. The number of carbonyl (C=O) groups excluding carboxylic acids is 1. The Morgan fingerprint density at radius 3 is 2.64 bits per heavy atom. The van der Waals surface area contributed by atoms with E-state index in [4.69, 9.17) is 0 Å². The van der Waals surface area contributed by atoms with Gasteiger partial charge in [0.05, 0.1) is 6.04 Å². The molecule has 2 aromatic rings. The zero-order valence-electron chi connectivity index (χ0n) is 12.2. The predicted octanol–water partition coefficient (Wildman–Crippen LogP) is 1.61. The van der Waals surface area contributed by atoms with Gasteiger partial charge < -0.3 is 5.32 Å². The fourth-order valence-electron chi connectivity index (χ4n) is 1.89. The molecule has 1 unspecified atom stereocenters. The Morgan fingerprint density at radius 2 is 2.00 bits per heavy atom. The van der Waals surface area contributed by atoms with E-state index in [0.29, 0.717) is 12.2 Å². The third kappa shape index (κ3) is 3.70. The van der Waals surface area contributed by atoms with Gasteiger partial charge in [-0.15, -0.1) is 0 Å². The summed E-state index contributed by atoms with van der Waals surface area (Å²) in [7, 11) is -3.82. The molecule has 1 aromatic heterocycles. The van der Waals surface area contributed by atoms with Crippen LogP contribution in [0.4, 0.5) is 0 Å². The van der Waals surface area contributed by atoms with Gasteiger partial charge in [-0.3, -0.25) is 4.79 Å². The molecular weight excluding hydrogens is 322 g/mol. The number of sulfonamides is 1. The molecule has 0 spiro atoms. The van der Waals surface area contributed by atoms with E-state index >= 15 is 0 Å². The standard InChI is InChI=1S/C14H17N3O3S2/c1-3-15-14(18)10(2)17-22(19,20)12-9-21-16-13(12)11-7-5-4-6-8-11/h4-10,17H,3H2,1-2H3,(H,15,18). The molecule has 0 fully saturated rings. The quantitative estimate of drug-likeness (QED) is 0.837. The summed E-state index contributed by atoms with van der Waals surface area (Å²) in [5.41, 5.74) is 1.11. The molecule has 0 radical (unpaired) electrons. The highest BCUT2D eigenvalue weighted by Crippen LogP contribution is 2.27. The molecular formula is C14H17N3O3S2. The van der Waals surface area contributed by atoms with E-state index in [2.05, 4.69) is 14.4 Å². The lowest BCUT2D eigenvalue weighted by Crippen LogP contribution is -2.44. The van der Waals surface area contributed by atoms with E-state index in [9.17, 15) is 13.2 Å². The molecule has 1 amide bonds. The maximum atomic E-state index is 12.5. The minimum atomic E-state index is -3.82. The topological polar surface area (TPSA) is 88.2 Å². The SMILES string of the molecule is CCNC(=O)C(C)NS(=O)(=O)c1csnc1-c1ccccc1. The molecule has 0 saturated heterocycles. The first-order valence-corrected chi connectivity index (χ1v) is 9.07. The van der Waals surface area contributed by atoms with Crippen LogP contribution in [0.3, 0.4) is 0 Å². The normalized spacial score (nSPS) is 12.8. The van der Waals surface area contributed by atoms with Crippen LogP contribution in [-0.2, 0) is 14.8 Å². The molecule has 2 rings (SSSR count). The van der Waals surface area contributed by atoms with Gasteiger partial charge >= 0.3 is 0 Å². The smallest absolute Gasteiger partial charge is 0.244 e. The predicted molar refractivity (Wildman–Crippen MR) is 86.0 cm³/mol. The number of rotatable bonds is 6. The summed E-state index contributed by atoms with van der Waals surface area (Å²) in [5, 5.41) is 4.05. The minimum absolute atomic E-state index is 0.0832. The van der Waals surface area contributed by atoms with Crippen LogP contribution in [0.2, 0.25) is 0 Å². The second-order valence-corrected chi connectivity index (χ2v) is 6.94. The molecule has 1 heterocycles. The number of nitrogens with one attached hydrogen (secondary N) is 2. The van der Waals surface area contributed by atoms with Gasteiger partial charge in [0, 0.05) is 17.5 Å². The second kappa shape index (κ2) is 6.99. The Labute approximate surface area is 133 Å². The van der Waals surface area contributed by atoms with Crippen LogP contribution in [0, 0.1) is 0 Å². The van der Waals surface area contributed by atoms with Gasteiger partial charge in [-0.25, -0.2) is 8.42 Å². The molecule has 8 heteroatoms. The van der Waals surface area contributed by atoms with E-state index < -0.39 is 16.1 Å². The largest absolute Gasteiger partial charge is 0.355 e. The average molecular weight is 339 g/mol. The van der Waals surface area contributed by atoms with E-state index in [1.165, 1.54) is 12.3 Å². The summed E-state index contributed by atoms with van der Waals surface area (Å²) in [6.45, 7) is 3.72. The maximum absolute atomic E-state index is 12.5. The van der Waals surface area contributed by atoms with Gasteiger partial charge in [0.25, 0.3) is 0 Å². The van der Waals surface area contributed by atoms with Crippen molar-refractivity contribution in [1.82, 2.24) is 14.4 Å². The second-order valence-electron chi connectivity index (χ2n) is 4.63. The number of nitrogens with zero attached hydrogens (tertiary/aromatic N) is 1. The fraction of sp³-hybridized carbons (Fsp3) is 0.286. The van der Waals surface area contributed by atoms with E-state index in [-0.39, 0.29) is 10.8 Å². The van der Waals surface area contributed by atoms with Crippen LogP contribution in [0.5, 0.6) is 0 Å². The number of hydrogen-bond donors (Lipinski definition) is 2. The minimum Gasteiger partial charge on any atom is -0.355 e. The zero-order valence-corrected chi connectivity index (χ0v) is 13.9. The van der Waals surface area contributed by atoms with Crippen molar-refractivity contribution in [3.63, 3.8) is 0 Å². The van der Waals surface area contributed by atoms with Gasteiger partial charge in [-0.2, -0.15) is 9.10 Å². The molecule has 0 aliphatic carbocycles. The number of hydrogen-bond acceptors (Lipinski definition) is 5. The molecule has 0 aliphatic rings. The lowest BCUT2D eigenvalue weighted by Gasteiger charge is -2.13. The number of carbonyl (C=O) groups is 1. The Kier molecular flexibility index (Phi) is 5.28. The Balaban J connectivity index is 2.28. The fourth-order valence-corrected chi connectivity index (χ4v) is 4.27. The first-order chi connectivity index (χ1) is 10.5. The van der Waals surface area contributed by atoms with Gasteiger partial charge in [-0.05, 0) is 25.4 Å². The molecule has 2 N–H and O–H groups in total. The number of aromatic nitrogens is 1. The highest BCUT2D eigenvalue weighted by Gasteiger charge is 2.26. The lowest BCUT2D eigenvalue weighted by molar-refractivity contribution is -0.122. The van der Waals surface area contributed by atoms with Crippen molar-refractivity contribution in [3.05, 3.63) is 35.7 Å². The molecule has 22 heavy (non-hydrogen) atoms. The lowest BCUT2D eigenvalue weighted by atomic mass is 10.2. The Hall–Kier alpha value is -1.77. The van der Waals surface area contributed by atoms with Crippen molar-refractivity contribution in [2.45, 2.75) is 24.8 Å². The van der Waals surface area contributed by atoms with E-state index in [1.807, 2.05) is 18.2 Å².